The summed E-state index contributed by atoms with van der Waals surface area (Å²) in [6, 6.07) is 6.31. The highest BCUT2D eigenvalue weighted by molar-refractivity contribution is 5.46. The number of benzene rings is 1. The van der Waals surface area contributed by atoms with Crippen molar-refractivity contribution in [3.05, 3.63) is 29.3 Å². The van der Waals surface area contributed by atoms with E-state index >= 15 is 0 Å². The first kappa shape index (κ1) is 9.53. The first-order chi connectivity index (χ1) is 6.72. The molecule has 2 rings (SSSR count). The summed E-state index contributed by atoms with van der Waals surface area (Å²) in [5.41, 5.74) is 15.4. The van der Waals surface area contributed by atoms with Crippen molar-refractivity contribution in [2.75, 3.05) is 5.73 Å². The largest absolute Gasteiger partial charge is 0.399 e. The van der Waals surface area contributed by atoms with Gasteiger partial charge in [-0.05, 0) is 48.4 Å². The average Bonchev–Trinajstić information content (AvgIpc) is 3.00. The Labute approximate surface area is 85.3 Å². The Morgan fingerprint density at radius 3 is 2.71 bits per heavy atom. The van der Waals surface area contributed by atoms with Gasteiger partial charge in [-0.3, -0.25) is 0 Å². The summed E-state index contributed by atoms with van der Waals surface area (Å²) in [5, 5.41) is 0. The molecule has 0 saturated heterocycles. The van der Waals surface area contributed by atoms with E-state index < -0.39 is 0 Å². The SMILES string of the molecule is CCc1ccc(N)cc1[C@H](N)C1CC1. The summed E-state index contributed by atoms with van der Waals surface area (Å²) < 4.78 is 0. The zero-order valence-electron chi connectivity index (χ0n) is 8.66. The molecule has 4 N–H and O–H groups in total. The minimum Gasteiger partial charge on any atom is -0.399 e. The second-order valence-corrected chi connectivity index (χ2v) is 4.18. The van der Waals surface area contributed by atoms with Crippen LogP contribution in [-0.2, 0) is 6.42 Å². The Morgan fingerprint density at radius 2 is 2.14 bits per heavy atom. The fourth-order valence-corrected chi connectivity index (χ4v) is 1.95. The Hall–Kier alpha value is -1.02. The van der Waals surface area contributed by atoms with Crippen LogP contribution in [0.25, 0.3) is 0 Å². The Bertz CT molecular complexity index is 329. The van der Waals surface area contributed by atoms with Crippen LogP contribution < -0.4 is 11.5 Å². The fourth-order valence-electron chi connectivity index (χ4n) is 1.95. The molecule has 76 valence electrons. The van der Waals surface area contributed by atoms with E-state index in [2.05, 4.69) is 13.0 Å². The molecular weight excluding hydrogens is 172 g/mol. The molecule has 0 amide bonds. The van der Waals surface area contributed by atoms with Gasteiger partial charge in [0.15, 0.2) is 0 Å². The van der Waals surface area contributed by atoms with Crippen LogP contribution in [0.1, 0.15) is 36.9 Å². The third-order valence-electron chi connectivity index (χ3n) is 3.04. The predicted octanol–water partition coefficient (Wildman–Crippen LogP) is 2.24. The third kappa shape index (κ3) is 1.75. The number of hydrogen-bond acceptors (Lipinski definition) is 2. The van der Waals surface area contributed by atoms with Crippen LogP contribution in [0.5, 0.6) is 0 Å². The zero-order valence-corrected chi connectivity index (χ0v) is 8.66. The summed E-state index contributed by atoms with van der Waals surface area (Å²) in [7, 11) is 0. The summed E-state index contributed by atoms with van der Waals surface area (Å²) in [4.78, 5) is 0. The second-order valence-electron chi connectivity index (χ2n) is 4.18. The monoisotopic (exact) mass is 190 g/mol. The van der Waals surface area contributed by atoms with Crippen LogP contribution in [0, 0.1) is 5.92 Å². The van der Waals surface area contributed by atoms with Crippen LogP contribution in [-0.4, -0.2) is 0 Å². The molecule has 1 aromatic carbocycles. The fraction of sp³-hybridized carbons (Fsp3) is 0.500. The van der Waals surface area contributed by atoms with Crippen molar-refractivity contribution in [3.63, 3.8) is 0 Å². The van der Waals surface area contributed by atoms with Crippen molar-refractivity contribution in [1.29, 1.82) is 0 Å². The Balaban J connectivity index is 2.32. The molecule has 0 heterocycles. The highest BCUT2D eigenvalue weighted by Gasteiger charge is 2.30. The molecule has 0 radical (unpaired) electrons. The molecule has 1 saturated carbocycles. The van der Waals surface area contributed by atoms with Crippen molar-refractivity contribution in [1.82, 2.24) is 0 Å². The van der Waals surface area contributed by atoms with Crippen molar-refractivity contribution < 1.29 is 0 Å². The predicted molar refractivity (Wildman–Crippen MR) is 59.9 cm³/mol. The topological polar surface area (TPSA) is 52.0 Å². The van der Waals surface area contributed by atoms with Crippen LogP contribution >= 0.6 is 0 Å². The molecule has 1 fully saturated rings. The van der Waals surface area contributed by atoms with Gasteiger partial charge in [-0.25, -0.2) is 0 Å². The molecule has 2 heteroatoms. The summed E-state index contributed by atoms with van der Waals surface area (Å²) in [5.74, 6) is 0.696. The van der Waals surface area contributed by atoms with E-state index in [0.717, 1.165) is 12.1 Å². The summed E-state index contributed by atoms with van der Waals surface area (Å²) in [6.07, 6.45) is 3.59. The Kier molecular flexibility index (Phi) is 2.46. The lowest BCUT2D eigenvalue weighted by atomic mass is 9.95. The number of aryl methyl sites for hydroxylation is 1. The summed E-state index contributed by atoms with van der Waals surface area (Å²) >= 11 is 0. The number of rotatable bonds is 3. The van der Waals surface area contributed by atoms with Gasteiger partial charge in [-0.15, -0.1) is 0 Å². The second kappa shape index (κ2) is 3.62. The maximum atomic E-state index is 6.19. The lowest BCUT2D eigenvalue weighted by Gasteiger charge is -2.15. The van der Waals surface area contributed by atoms with Crippen LogP contribution in [0.2, 0.25) is 0 Å². The number of anilines is 1. The van der Waals surface area contributed by atoms with Crippen molar-refractivity contribution >= 4 is 5.69 Å². The minimum atomic E-state index is 0.202. The van der Waals surface area contributed by atoms with Gasteiger partial charge >= 0.3 is 0 Å². The normalized spacial score (nSPS) is 18.1. The average molecular weight is 190 g/mol. The van der Waals surface area contributed by atoms with Gasteiger partial charge in [-0.1, -0.05) is 13.0 Å². The molecular formula is C12H18N2. The van der Waals surface area contributed by atoms with E-state index in [9.17, 15) is 0 Å². The van der Waals surface area contributed by atoms with E-state index in [4.69, 9.17) is 11.5 Å². The molecule has 1 atom stereocenters. The van der Waals surface area contributed by atoms with Crippen LogP contribution in [0.3, 0.4) is 0 Å². The quantitative estimate of drug-likeness (QED) is 0.718. The van der Waals surface area contributed by atoms with E-state index in [1.54, 1.807) is 0 Å². The molecule has 0 aromatic heterocycles. The molecule has 14 heavy (non-hydrogen) atoms. The first-order valence-electron chi connectivity index (χ1n) is 5.36. The zero-order chi connectivity index (χ0) is 10.1. The van der Waals surface area contributed by atoms with Gasteiger partial charge < -0.3 is 11.5 Å². The van der Waals surface area contributed by atoms with Crippen LogP contribution in [0.15, 0.2) is 18.2 Å². The van der Waals surface area contributed by atoms with Crippen molar-refractivity contribution in [3.8, 4) is 0 Å². The molecule has 0 bridgehead atoms. The third-order valence-corrected chi connectivity index (χ3v) is 3.04. The van der Waals surface area contributed by atoms with Gasteiger partial charge in [0, 0.05) is 11.7 Å². The van der Waals surface area contributed by atoms with Gasteiger partial charge in [0.2, 0.25) is 0 Å². The smallest absolute Gasteiger partial charge is 0.0327 e. The molecule has 0 aliphatic heterocycles. The Morgan fingerprint density at radius 1 is 1.43 bits per heavy atom. The van der Waals surface area contributed by atoms with Gasteiger partial charge in [0.1, 0.15) is 0 Å². The summed E-state index contributed by atoms with van der Waals surface area (Å²) in [6.45, 7) is 2.16. The maximum Gasteiger partial charge on any atom is 0.0327 e. The first-order valence-corrected chi connectivity index (χ1v) is 5.36. The van der Waals surface area contributed by atoms with Crippen LogP contribution in [0.4, 0.5) is 5.69 Å². The molecule has 0 spiro atoms. The van der Waals surface area contributed by atoms with Gasteiger partial charge in [-0.2, -0.15) is 0 Å². The molecule has 2 nitrogen and oxygen atoms in total. The van der Waals surface area contributed by atoms with Gasteiger partial charge in [0.25, 0.3) is 0 Å². The lowest BCUT2D eigenvalue weighted by Crippen LogP contribution is -2.14. The minimum absolute atomic E-state index is 0.202. The number of hydrogen-bond donors (Lipinski definition) is 2. The molecule has 1 aromatic rings. The van der Waals surface area contributed by atoms with E-state index in [1.165, 1.54) is 24.0 Å². The highest BCUT2D eigenvalue weighted by Crippen LogP contribution is 2.40. The van der Waals surface area contributed by atoms with Crippen molar-refractivity contribution in [2.24, 2.45) is 11.7 Å². The standard InChI is InChI=1S/C12H18N2/c1-2-8-5-6-10(13)7-11(8)12(14)9-3-4-9/h5-7,9,12H,2-4,13-14H2,1H3/t12-/m1/s1. The van der Waals surface area contributed by atoms with Gasteiger partial charge in [0.05, 0.1) is 0 Å². The number of nitrogen functional groups attached to an aromatic ring is 1. The van der Waals surface area contributed by atoms with Crippen molar-refractivity contribution in [2.45, 2.75) is 32.2 Å². The molecule has 1 aliphatic carbocycles. The molecule has 0 unspecified atom stereocenters. The highest BCUT2D eigenvalue weighted by atomic mass is 14.7. The van der Waals surface area contributed by atoms with E-state index in [-0.39, 0.29) is 6.04 Å². The maximum absolute atomic E-state index is 6.19. The molecule has 1 aliphatic rings. The van der Waals surface area contributed by atoms with E-state index in [1.807, 2.05) is 12.1 Å². The lowest BCUT2D eigenvalue weighted by molar-refractivity contribution is 0.627. The van der Waals surface area contributed by atoms with E-state index in [0.29, 0.717) is 5.92 Å². The number of nitrogens with two attached hydrogens (primary N) is 2.